The van der Waals surface area contributed by atoms with Gasteiger partial charge in [-0.1, -0.05) is 75.5 Å². The van der Waals surface area contributed by atoms with Crippen LogP contribution in [0.5, 0.6) is 0 Å². The van der Waals surface area contributed by atoms with E-state index in [0.29, 0.717) is 0 Å². The van der Waals surface area contributed by atoms with Gasteiger partial charge < -0.3 is 40.3 Å². The van der Waals surface area contributed by atoms with E-state index >= 15 is 0 Å². The van der Waals surface area contributed by atoms with Crippen LogP contribution in [0.2, 0.25) is 0 Å². The summed E-state index contributed by atoms with van der Waals surface area (Å²) >= 11 is 0. The van der Waals surface area contributed by atoms with E-state index in [9.17, 15) is 30.3 Å². The van der Waals surface area contributed by atoms with Gasteiger partial charge in [-0.25, -0.2) is 0 Å². The highest BCUT2D eigenvalue weighted by atomic mass is 16.7. The van der Waals surface area contributed by atoms with E-state index in [1.165, 1.54) is 45.4 Å². The lowest BCUT2D eigenvalue weighted by atomic mass is 9.99. The molecule has 0 saturated carbocycles. The second-order valence-electron chi connectivity index (χ2n) is 9.91. The number of hydrogen-bond acceptors (Lipinski definition) is 8. The molecule has 9 heteroatoms. The van der Waals surface area contributed by atoms with Crippen molar-refractivity contribution in [2.45, 2.75) is 127 Å². The third-order valence-electron chi connectivity index (χ3n) is 6.48. The van der Waals surface area contributed by atoms with Gasteiger partial charge in [0.25, 0.3) is 0 Å². The Labute approximate surface area is 228 Å². The molecule has 0 aromatic carbocycles. The Balaban J connectivity index is 2.31. The molecular formula is C29H51NO8. The van der Waals surface area contributed by atoms with Crippen molar-refractivity contribution in [1.82, 2.24) is 5.32 Å². The number of unbranched alkanes of at least 4 members (excludes halogenated alkanes) is 8. The highest BCUT2D eigenvalue weighted by molar-refractivity contribution is 5.73. The summed E-state index contributed by atoms with van der Waals surface area (Å²) in [5, 5.41) is 52.3. The molecular weight excluding hydrogens is 490 g/mol. The van der Waals surface area contributed by atoms with Gasteiger partial charge in [-0.3, -0.25) is 4.79 Å². The quantitative estimate of drug-likeness (QED) is 0.102. The average Bonchev–Trinajstić information content (AvgIpc) is 2.90. The predicted octanol–water partition coefficient (Wildman–Crippen LogP) is 2.65. The predicted molar refractivity (Wildman–Crippen MR) is 147 cm³/mol. The molecule has 1 aliphatic rings. The van der Waals surface area contributed by atoms with Crippen molar-refractivity contribution in [3.63, 3.8) is 0 Å². The lowest BCUT2D eigenvalue weighted by Gasteiger charge is -2.40. The van der Waals surface area contributed by atoms with E-state index in [1.807, 2.05) is 6.08 Å². The molecule has 1 fully saturated rings. The first-order valence-electron chi connectivity index (χ1n) is 14.2. The van der Waals surface area contributed by atoms with Crippen LogP contribution < -0.4 is 5.32 Å². The summed E-state index contributed by atoms with van der Waals surface area (Å²) in [5.41, 5.74) is 0. The number of rotatable bonds is 20. The minimum atomic E-state index is -1.57. The molecule has 1 aliphatic heterocycles. The van der Waals surface area contributed by atoms with Crippen LogP contribution in [0.15, 0.2) is 36.5 Å². The molecule has 1 saturated heterocycles. The third kappa shape index (κ3) is 14.5. The standard InChI is InChI=1S/C29H51NO8/c1-3-4-5-6-7-8-9-10-11-12-13-14-15-16-17-18-19-24(33)23(30-22(2)32)21-37-29-28(36)27(35)26(34)25(20-31)38-29/h10-11,14-15,18-19,23-29,31,33-36H,3-9,12-13,16-17,20-21H2,1-2H3,(H,30,32)/b11-10+,15-14+,19-18+. The Hall–Kier alpha value is -1.59. The van der Waals surface area contributed by atoms with Gasteiger partial charge in [0.15, 0.2) is 6.29 Å². The molecule has 1 rings (SSSR count). The smallest absolute Gasteiger partial charge is 0.217 e. The van der Waals surface area contributed by atoms with E-state index < -0.39 is 49.5 Å². The summed E-state index contributed by atoms with van der Waals surface area (Å²) in [7, 11) is 0. The molecule has 0 aliphatic carbocycles. The number of ether oxygens (including phenoxy) is 2. The van der Waals surface area contributed by atoms with E-state index in [2.05, 4.69) is 36.5 Å². The summed E-state index contributed by atoms with van der Waals surface area (Å²) in [6.07, 6.45) is 16.8. The van der Waals surface area contributed by atoms with Gasteiger partial charge in [-0.2, -0.15) is 0 Å². The first-order chi connectivity index (χ1) is 18.3. The largest absolute Gasteiger partial charge is 0.394 e. The lowest BCUT2D eigenvalue weighted by Crippen LogP contribution is -2.60. The number of carbonyl (C=O) groups is 1. The maximum atomic E-state index is 11.6. The van der Waals surface area contributed by atoms with Gasteiger partial charge in [-0.15, -0.1) is 0 Å². The van der Waals surface area contributed by atoms with E-state index in [1.54, 1.807) is 6.08 Å². The van der Waals surface area contributed by atoms with Crippen molar-refractivity contribution in [3.05, 3.63) is 36.5 Å². The molecule has 1 heterocycles. The number of hydrogen-bond donors (Lipinski definition) is 6. The molecule has 0 aromatic heterocycles. The van der Waals surface area contributed by atoms with E-state index in [-0.39, 0.29) is 12.5 Å². The molecule has 0 radical (unpaired) electrons. The van der Waals surface area contributed by atoms with Crippen molar-refractivity contribution in [2.24, 2.45) is 0 Å². The Kier molecular flexibility index (Phi) is 19.3. The van der Waals surface area contributed by atoms with Crippen molar-refractivity contribution < 1.29 is 39.8 Å². The fraction of sp³-hybridized carbons (Fsp3) is 0.759. The number of aliphatic hydroxyl groups is 5. The van der Waals surface area contributed by atoms with Crippen LogP contribution in [0.3, 0.4) is 0 Å². The first kappa shape index (κ1) is 34.4. The van der Waals surface area contributed by atoms with Gasteiger partial charge >= 0.3 is 0 Å². The third-order valence-corrected chi connectivity index (χ3v) is 6.48. The Morgan fingerprint density at radius 3 is 2.05 bits per heavy atom. The van der Waals surface area contributed by atoms with Crippen molar-refractivity contribution in [3.8, 4) is 0 Å². The Morgan fingerprint density at radius 1 is 0.868 bits per heavy atom. The van der Waals surface area contributed by atoms with Crippen molar-refractivity contribution in [2.75, 3.05) is 13.2 Å². The van der Waals surface area contributed by atoms with Crippen LogP contribution >= 0.6 is 0 Å². The second-order valence-corrected chi connectivity index (χ2v) is 9.91. The minimum Gasteiger partial charge on any atom is -0.394 e. The van der Waals surface area contributed by atoms with Crippen LogP contribution in [-0.4, -0.2) is 87.5 Å². The number of aliphatic hydroxyl groups excluding tert-OH is 5. The fourth-order valence-corrected chi connectivity index (χ4v) is 4.16. The molecule has 38 heavy (non-hydrogen) atoms. The Morgan fingerprint density at radius 2 is 1.45 bits per heavy atom. The molecule has 1 amide bonds. The van der Waals surface area contributed by atoms with E-state index in [4.69, 9.17) is 9.47 Å². The Bertz CT molecular complexity index is 696. The summed E-state index contributed by atoms with van der Waals surface area (Å²) in [5.74, 6) is -0.371. The molecule has 6 N–H and O–H groups in total. The summed E-state index contributed by atoms with van der Waals surface area (Å²) in [6, 6.07) is -0.824. The number of allylic oxidation sites excluding steroid dienone is 5. The molecule has 0 spiro atoms. The van der Waals surface area contributed by atoms with Gasteiger partial charge in [0.2, 0.25) is 5.91 Å². The van der Waals surface area contributed by atoms with Crippen LogP contribution in [0.4, 0.5) is 0 Å². The first-order valence-corrected chi connectivity index (χ1v) is 14.2. The number of amides is 1. The SMILES string of the molecule is CCCCCCCC/C=C/CC/C=C/CC/C=C/C(O)C(COC1OC(CO)C(O)C(O)C1O)NC(C)=O. The topological polar surface area (TPSA) is 149 Å². The van der Waals surface area contributed by atoms with E-state index in [0.717, 1.165) is 32.1 Å². The van der Waals surface area contributed by atoms with Gasteiger partial charge in [-0.05, 0) is 38.5 Å². The summed E-state index contributed by atoms with van der Waals surface area (Å²) in [6.45, 7) is 2.75. The molecule has 9 nitrogen and oxygen atoms in total. The second kappa shape index (κ2) is 21.3. The zero-order valence-corrected chi connectivity index (χ0v) is 23.2. The number of carbonyl (C=O) groups excluding carboxylic acids is 1. The molecule has 7 unspecified atom stereocenters. The monoisotopic (exact) mass is 541 g/mol. The van der Waals surface area contributed by atoms with Crippen LogP contribution in [0, 0.1) is 0 Å². The molecule has 0 bridgehead atoms. The minimum absolute atomic E-state index is 0.222. The normalized spacial score (nSPS) is 25.9. The highest BCUT2D eigenvalue weighted by Gasteiger charge is 2.44. The average molecular weight is 542 g/mol. The summed E-state index contributed by atoms with van der Waals surface area (Å²) in [4.78, 5) is 11.6. The van der Waals surface area contributed by atoms with Crippen LogP contribution in [-0.2, 0) is 14.3 Å². The highest BCUT2D eigenvalue weighted by Crippen LogP contribution is 2.22. The molecule has 220 valence electrons. The molecule has 0 aromatic rings. The fourth-order valence-electron chi connectivity index (χ4n) is 4.16. The van der Waals surface area contributed by atoms with Crippen LogP contribution in [0.1, 0.15) is 84.5 Å². The van der Waals surface area contributed by atoms with Gasteiger partial charge in [0.05, 0.1) is 25.4 Å². The maximum absolute atomic E-state index is 11.6. The maximum Gasteiger partial charge on any atom is 0.217 e. The van der Waals surface area contributed by atoms with Gasteiger partial charge in [0, 0.05) is 6.92 Å². The lowest BCUT2D eigenvalue weighted by molar-refractivity contribution is -0.302. The van der Waals surface area contributed by atoms with Crippen LogP contribution in [0.25, 0.3) is 0 Å². The number of nitrogens with one attached hydrogen (secondary N) is 1. The zero-order chi connectivity index (χ0) is 28.2. The van der Waals surface area contributed by atoms with Crippen molar-refractivity contribution in [1.29, 1.82) is 0 Å². The molecule has 7 atom stereocenters. The van der Waals surface area contributed by atoms with Crippen molar-refractivity contribution >= 4 is 5.91 Å². The van der Waals surface area contributed by atoms with Gasteiger partial charge in [0.1, 0.15) is 24.4 Å². The zero-order valence-electron chi connectivity index (χ0n) is 23.2. The summed E-state index contributed by atoms with van der Waals surface area (Å²) < 4.78 is 10.8.